The molecule has 2 N–H and O–H groups in total. The van der Waals surface area contributed by atoms with E-state index in [1.807, 2.05) is 0 Å². The van der Waals surface area contributed by atoms with E-state index >= 15 is 0 Å². The maximum atomic E-state index is 12.0. The molecule has 0 bridgehead atoms. The number of hydrogen-bond donors (Lipinski definition) is 2. The first-order chi connectivity index (χ1) is 8.51. The number of hydrogen-bond acceptors (Lipinski definition) is 4. The number of furan rings is 1. The monoisotopic (exact) mass is 317 g/mol. The summed E-state index contributed by atoms with van der Waals surface area (Å²) < 4.78 is 10.6. The van der Waals surface area contributed by atoms with E-state index in [-0.39, 0.29) is 18.9 Å². The molecule has 1 atom stereocenters. The summed E-state index contributed by atoms with van der Waals surface area (Å²) in [5, 5.41) is 11.6. The lowest BCUT2D eigenvalue weighted by molar-refractivity contribution is -0.138. The Bertz CT molecular complexity index is 464. The van der Waals surface area contributed by atoms with Crippen LogP contribution < -0.4 is 5.32 Å². The Morgan fingerprint density at radius 2 is 2.33 bits per heavy atom. The zero-order valence-electron chi connectivity index (χ0n) is 9.44. The van der Waals surface area contributed by atoms with E-state index in [4.69, 9.17) is 14.3 Å². The summed E-state index contributed by atoms with van der Waals surface area (Å²) in [6, 6.07) is 1.53. The molecule has 1 saturated heterocycles. The standard InChI is InChI=1S/C11H12BrNO5/c12-8-3-7(5-18-8)10(16)13-11(4-9(14)15)1-2-17-6-11/h3,5H,1-2,4,6H2,(H,13,16)(H,14,15). The van der Waals surface area contributed by atoms with Crippen molar-refractivity contribution in [2.75, 3.05) is 13.2 Å². The number of carbonyl (C=O) groups is 2. The van der Waals surface area contributed by atoms with Crippen molar-refractivity contribution in [3.05, 3.63) is 22.6 Å². The molecule has 0 spiro atoms. The number of carboxylic acid groups (broad SMARTS) is 1. The third-order valence-electron chi connectivity index (χ3n) is 2.80. The molecule has 98 valence electrons. The molecule has 2 rings (SSSR count). The van der Waals surface area contributed by atoms with Crippen molar-refractivity contribution in [3.8, 4) is 0 Å². The van der Waals surface area contributed by atoms with Gasteiger partial charge in [-0.3, -0.25) is 9.59 Å². The van der Waals surface area contributed by atoms with Crippen LogP contribution in [0, 0.1) is 0 Å². The van der Waals surface area contributed by atoms with Crippen LogP contribution in [0.15, 0.2) is 21.4 Å². The van der Waals surface area contributed by atoms with Crippen molar-refractivity contribution >= 4 is 27.8 Å². The van der Waals surface area contributed by atoms with Crippen LogP contribution in [-0.4, -0.2) is 35.7 Å². The van der Waals surface area contributed by atoms with Crippen LogP contribution in [0.4, 0.5) is 0 Å². The fourth-order valence-corrected chi connectivity index (χ4v) is 2.26. The van der Waals surface area contributed by atoms with Gasteiger partial charge in [-0.05, 0) is 22.4 Å². The molecule has 1 aliphatic rings. The number of rotatable bonds is 4. The van der Waals surface area contributed by atoms with Crippen molar-refractivity contribution in [1.29, 1.82) is 0 Å². The lowest BCUT2D eigenvalue weighted by Crippen LogP contribution is -2.50. The first-order valence-corrected chi connectivity index (χ1v) is 6.16. The first kappa shape index (κ1) is 13.1. The third-order valence-corrected chi connectivity index (χ3v) is 3.22. The lowest BCUT2D eigenvalue weighted by atomic mass is 9.94. The predicted molar refractivity (Wildman–Crippen MR) is 64.3 cm³/mol. The van der Waals surface area contributed by atoms with Crippen LogP contribution in [0.1, 0.15) is 23.2 Å². The van der Waals surface area contributed by atoms with E-state index in [2.05, 4.69) is 21.2 Å². The minimum absolute atomic E-state index is 0.155. The summed E-state index contributed by atoms with van der Waals surface area (Å²) in [6.07, 6.45) is 1.64. The highest BCUT2D eigenvalue weighted by Crippen LogP contribution is 2.24. The zero-order valence-corrected chi connectivity index (χ0v) is 11.0. The van der Waals surface area contributed by atoms with Gasteiger partial charge in [0.15, 0.2) is 4.67 Å². The minimum atomic E-state index is -0.964. The van der Waals surface area contributed by atoms with Crippen LogP contribution in [0.5, 0.6) is 0 Å². The Hall–Kier alpha value is -1.34. The maximum Gasteiger partial charge on any atom is 0.305 e. The fraction of sp³-hybridized carbons (Fsp3) is 0.455. The first-order valence-electron chi connectivity index (χ1n) is 5.37. The molecule has 1 aromatic rings. The second kappa shape index (κ2) is 5.11. The fourth-order valence-electron chi connectivity index (χ4n) is 1.92. The number of carbonyl (C=O) groups excluding carboxylic acids is 1. The molecule has 7 heteroatoms. The average Bonchev–Trinajstić information content (AvgIpc) is 2.87. The Morgan fingerprint density at radius 1 is 1.56 bits per heavy atom. The van der Waals surface area contributed by atoms with Gasteiger partial charge in [-0.2, -0.15) is 0 Å². The Labute approximate surface area is 111 Å². The molecular formula is C11H12BrNO5. The highest BCUT2D eigenvalue weighted by Gasteiger charge is 2.38. The quantitative estimate of drug-likeness (QED) is 0.876. The van der Waals surface area contributed by atoms with Gasteiger partial charge in [-0.1, -0.05) is 0 Å². The number of halogens is 1. The van der Waals surface area contributed by atoms with E-state index in [0.717, 1.165) is 0 Å². The van der Waals surface area contributed by atoms with Crippen LogP contribution in [0.3, 0.4) is 0 Å². The van der Waals surface area contributed by atoms with Gasteiger partial charge in [-0.15, -0.1) is 0 Å². The van der Waals surface area contributed by atoms with Crippen LogP contribution >= 0.6 is 15.9 Å². The Kier molecular flexibility index (Phi) is 3.72. The molecule has 2 heterocycles. The third kappa shape index (κ3) is 2.91. The zero-order chi connectivity index (χ0) is 13.2. The van der Waals surface area contributed by atoms with Crippen molar-refractivity contribution in [2.45, 2.75) is 18.4 Å². The van der Waals surface area contributed by atoms with E-state index in [9.17, 15) is 9.59 Å². The van der Waals surface area contributed by atoms with Crippen LogP contribution in [-0.2, 0) is 9.53 Å². The molecule has 6 nitrogen and oxygen atoms in total. The summed E-state index contributed by atoms with van der Waals surface area (Å²) in [7, 11) is 0. The van der Waals surface area contributed by atoms with Gasteiger partial charge in [-0.25, -0.2) is 0 Å². The van der Waals surface area contributed by atoms with Gasteiger partial charge in [0.05, 0.1) is 24.1 Å². The van der Waals surface area contributed by atoms with Gasteiger partial charge in [0, 0.05) is 12.7 Å². The number of ether oxygens (including phenoxy) is 1. The summed E-state index contributed by atoms with van der Waals surface area (Å²) in [5.74, 6) is -1.33. The number of nitrogens with one attached hydrogen (secondary N) is 1. The van der Waals surface area contributed by atoms with E-state index in [1.165, 1.54) is 12.3 Å². The van der Waals surface area contributed by atoms with Gasteiger partial charge < -0.3 is 19.6 Å². The van der Waals surface area contributed by atoms with E-state index in [0.29, 0.717) is 23.3 Å². The summed E-state index contributed by atoms with van der Waals surface area (Å²) >= 11 is 3.10. The second-order valence-electron chi connectivity index (χ2n) is 4.25. The highest BCUT2D eigenvalue weighted by atomic mass is 79.9. The molecule has 1 amide bonds. The van der Waals surface area contributed by atoms with Crippen molar-refractivity contribution in [1.82, 2.24) is 5.32 Å². The number of aliphatic carboxylic acids is 1. The second-order valence-corrected chi connectivity index (χ2v) is 5.03. The molecule has 1 aliphatic heterocycles. The SMILES string of the molecule is O=C(O)CC1(NC(=O)c2coc(Br)c2)CCOC1. The van der Waals surface area contributed by atoms with Crippen molar-refractivity contribution in [3.63, 3.8) is 0 Å². The van der Waals surface area contributed by atoms with Crippen molar-refractivity contribution < 1.29 is 23.8 Å². The molecule has 1 aromatic heterocycles. The normalized spacial score (nSPS) is 22.9. The predicted octanol–water partition coefficient (Wildman–Crippen LogP) is 1.41. The molecular weight excluding hydrogens is 306 g/mol. The number of amides is 1. The summed E-state index contributed by atoms with van der Waals surface area (Å²) in [6.45, 7) is 0.659. The summed E-state index contributed by atoms with van der Waals surface area (Å²) in [4.78, 5) is 22.8. The Balaban J connectivity index is 2.09. The van der Waals surface area contributed by atoms with Crippen LogP contribution in [0.25, 0.3) is 0 Å². The van der Waals surface area contributed by atoms with Crippen LogP contribution in [0.2, 0.25) is 0 Å². The summed E-state index contributed by atoms with van der Waals surface area (Å²) in [5.41, 5.74) is -0.481. The molecule has 0 radical (unpaired) electrons. The number of carboxylic acids is 1. The van der Waals surface area contributed by atoms with E-state index in [1.54, 1.807) is 0 Å². The average molecular weight is 318 g/mol. The lowest BCUT2D eigenvalue weighted by Gasteiger charge is -2.26. The van der Waals surface area contributed by atoms with Gasteiger partial charge >= 0.3 is 5.97 Å². The molecule has 18 heavy (non-hydrogen) atoms. The van der Waals surface area contributed by atoms with Gasteiger partial charge in [0.25, 0.3) is 5.91 Å². The molecule has 1 fully saturated rings. The van der Waals surface area contributed by atoms with E-state index < -0.39 is 11.5 Å². The molecule has 0 aromatic carbocycles. The minimum Gasteiger partial charge on any atom is -0.481 e. The van der Waals surface area contributed by atoms with Gasteiger partial charge in [0.2, 0.25) is 0 Å². The van der Waals surface area contributed by atoms with Crippen molar-refractivity contribution in [2.24, 2.45) is 0 Å². The maximum absolute atomic E-state index is 12.0. The smallest absolute Gasteiger partial charge is 0.305 e. The molecule has 0 saturated carbocycles. The highest BCUT2D eigenvalue weighted by molar-refractivity contribution is 9.10. The Morgan fingerprint density at radius 3 is 2.83 bits per heavy atom. The molecule has 1 unspecified atom stereocenters. The largest absolute Gasteiger partial charge is 0.481 e. The topological polar surface area (TPSA) is 88.8 Å². The molecule has 0 aliphatic carbocycles. The van der Waals surface area contributed by atoms with Gasteiger partial charge in [0.1, 0.15) is 6.26 Å².